The van der Waals surface area contributed by atoms with Crippen molar-refractivity contribution in [1.29, 1.82) is 0 Å². The van der Waals surface area contributed by atoms with Gasteiger partial charge >= 0.3 is 0 Å². The van der Waals surface area contributed by atoms with Gasteiger partial charge in [-0.1, -0.05) is 12.1 Å². The third-order valence-corrected chi connectivity index (χ3v) is 3.83. The summed E-state index contributed by atoms with van der Waals surface area (Å²) < 4.78 is 5.29. The van der Waals surface area contributed by atoms with E-state index >= 15 is 0 Å². The molecule has 4 heteroatoms. The van der Waals surface area contributed by atoms with Gasteiger partial charge in [-0.05, 0) is 37.5 Å². The van der Waals surface area contributed by atoms with Gasteiger partial charge < -0.3 is 15.6 Å². The number of nitrogens with zero attached hydrogens (tertiary/aromatic N) is 1. The molecular formula is C15H24N2O2. The quantitative estimate of drug-likeness (QED) is 0.866. The van der Waals surface area contributed by atoms with Crippen LogP contribution >= 0.6 is 0 Å². The van der Waals surface area contributed by atoms with E-state index in [1.54, 1.807) is 7.11 Å². The molecule has 1 aromatic rings. The topological polar surface area (TPSA) is 58.7 Å². The summed E-state index contributed by atoms with van der Waals surface area (Å²) in [6, 6.07) is 8.33. The largest absolute Gasteiger partial charge is 0.497 e. The summed E-state index contributed by atoms with van der Waals surface area (Å²) in [6.07, 6.45) is 1.50. The Bertz CT molecular complexity index is 401. The van der Waals surface area contributed by atoms with E-state index in [1.165, 1.54) is 5.56 Å². The molecule has 0 spiro atoms. The SMILES string of the molecule is COc1cccc(C(C(C)N)N2CCC(O)CC2)c1. The second-order valence-electron chi connectivity index (χ2n) is 5.35. The van der Waals surface area contributed by atoms with Crippen LogP contribution in [0.4, 0.5) is 0 Å². The van der Waals surface area contributed by atoms with E-state index in [2.05, 4.69) is 17.0 Å². The number of methoxy groups -OCH3 is 1. The second kappa shape index (κ2) is 6.37. The molecule has 0 aromatic heterocycles. The molecule has 1 aliphatic rings. The van der Waals surface area contributed by atoms with Crippen molar-refractivity contribution in [3.8, 4) is 5.75 Å². The third kappa shape index (κ3) is 3.47. The Labute approximate surface area is 115 Å². The fraction of sp³-hybridized carbons (Fsp3) is 0.600. The highest BCUT2D eigenvalue weighted by atomic mass is 16.5. The Balaban J connectivity index is 2.19. The maximum atomic E-state index is 9.62. The van der Waals surface area contributed by atoms with Crippen LogP contribution in [0.15, 0.2) is 24.3 Å². The molecule has 106 valence electrons. The Morgan fingerprint density at radius 2 is 2.05 bits per heavy atom. The number of aliphatic hydroxyl groups is 1. The number of likely N-dealkylation sites (tertiary alicyclic amines) is 1. The zero-order valence-electron chi connectivity index (χ0n) is 11.7. The number of rotatable bonds is 4. The van der Waals surface area contributed by atoms with E-state index in [4.69, 9.17) is 10.5 Å². The van der Waals surface area contributed by atoms with Crippen molar-refractivity contribution >= 4 is 0 Å². The molecule has 2 atom stereocenters. The molecule has 19 heavy (non-hydrogen) atoms. The molecule has 4 nitrogen and oxygen atoms in total. The molecule has 2 unspecified atom stereocenters. The van der Waals surface area contributed by atoms with Crippen LogP contribution in [0.2, 0.25) is 0 Å². The molecule has 0 amide bonds. The summed E-state index contributed by atoms with van der Waals surface area (Å²) in [4.78, 5) is 2.37. The molecular weight excluding hydrogens is 240 g/mol. The summed E-state index contributed by atoms with van der Waals surface area (Å²) in [7, 11) is 1.68. The Hall–Kier alpha value is -1.10. The first-order valence-corrected chi connectivity index (χ1v) is 6.93. The minimum absolute atomic E-state index is 0.0438. The van der Waals surface area contributed by atoms with E-state index < -0.39 is 0 Å². The highest BCUT2D eigenvalue weighted by Crippen LogP contribution is 2.29. The number of hydrogen-bond acceptors (Lipinski definition) is 4. The third-order valence-electron chi connectivity index (χ3n) is 3.83. The lowest BCUT2D eigenvalue weighted by atomic mass is 9.96. The van der Waals surface area contributed by atoms with Gasteiger partial charge in [0, 0.05) is 25.2 Å². The van der Waals surface area contributed by atoms with Crippen molar-refractivity contribution in [3.05, 3.63) is 29.8 Å². The normalized spacial score (nSPS) is 21.1. The van der Waals surface area contributed by atoms with Crippen LogP contribution in [0.25, 0.3) is 0 Å². The molecule has 0 radical (unpaired) electrons. The highest BCUT2D eigenvalue weighted by molar-refractivity contribution is 5.31. The predicted molar refractivity (Wildman–Crippen MR) is 76.2 cm³/mol. The summed E-state index contributed by atoms with van der Waals surface area (Å²) in [5.41, 5.74) is 7.37. The first-order valence-electron chi connectivity index (χ1n) is 6.93. The molecule has 1 heterocycles. The van der Waals surface area contributed by atoms with E-state index in [9.17, 15) is 5.11 Å². The maximum absolute atomic E-state index is 9.62. The van der Waals surface area contributed by atoms with Crippen molar-refractivity contribution in [1.82, 2.24) is 4.90 Å². The number of nitrogens with two attached hydrogens (primary N) is 1. The fourth-order valence-electron chi connectivity index (χ4n) is 2.84. The van der Waals surface area contributed by atoms with Crippen molar-refractivity contribution in [2.75, 3.05) is 20.2 Å². The minimum atomic E-state index is -0.157. The van der Waals surface area contributed by atoms with E-state index in [0.29, 0.717) is 0 Å². The monoisotopic (exact) mass is 264 g/mol. The van der Waals surface area contributed by atoms with Gasteiger partial charge in [0.05, 0.1) is 13.2 Å². The first-order chi connectivity index (χ1) is 9.11. The molecule has 0 saturated carbocycles. The fourth-order valence-corrected chi connectivity index (χ4v) is 2.84. The van der Waals surface area contributed by atoms with Crippen LogP contribution < -0.4 is 10.5 Å². The van der Waals surface area contributed by atoms with Gasteiger partial charge in [0.25, 0.3) is 0 Å². The van der Waals surface area contributed by atoms with Crippen LogP contribution in [0.5, 0.6) is 5.75 Å². The number of piperidine rings is 1. The number of benzene rings is 1. The van der Waals surface area contributed by atoms with Crippen molar-refractivity contribution in [2.45, 2.75) is 38.0 Å². The van der Waals surface area contributed by atoms with Gasteiger partial charge in [-0.25, -0.2) is 0 Å². The lowest BCUT2D eigenvalue weighted by Gasteiger charge is -2.38. The van der Waals surface area contributed by atoms with Crippen LogP contribution in [0.3, 0.4) is 0 Å². The van der Waals surface area contributed by atoms with Gasteiger partial charge in [0.2, 0.25) is 0 Å². The summed E-state index contributed by atoms with van der Waals surface area (Å²) in [6.45, 7) is 3.82. The van der Waals surface area contributed by atoms with Crippen molar-refractivity contribution in [2.24, 2.45) is 5.73 Å². The van der Waals surface area contributed by atoms with Crippen LogP contribution in [-0.2, 0) is 0 Å². The Kier molecular flexibility index (Phi) is 4.80. The van der Waals surface area contributed by atoms with Gasteiger partial charge in [-0.2, -0.15) is 0 Å². The standard InChI is InChI=1S/C15H24N2O2/c1-11(16)15(17-8-6-13(18)7-9-17)12-4-3-5-14(10-12)19-2/h3-5,10-11,13,15,18H,6-9,16H2,1-2H3. The lowest BCUT2D eigenvalue weighted by Crippen LogP contribution is -2.44. The lowest BCUT2D eigenvalue weighted by molar-refractivity contribution is 0.0548. The van der Waals surface area contributed by atoms with Crippen LogP contribution in [0.1, 0.15) is 31.4 Å². The first kappa shape index (κ1) is 14.3. The molecule has 1 aromatic carbocycles. The number of aliphatic hydroxyl groups excluding tert-OH is 1. The number of ether oxygens (including phenoxy) is 1. The van der Waals surface area contributed by atoms with Gasteiger partial charge in [-0.3, -0.25) is 4.90 Å². The molecule has 2 rings (SSSR count). The van der Waals surface area contributed by atoms with Crippen LogP contribution in [0, 0.1) is 0 Å². The average molecular weight is 264 g/mol. The van der Waals surface area contributed by atoms with Gasteiger partial charge in [-0.15, -0.1) is 0 Å². The van der Waals surface area contributed by atoms with Crippen LogP contribution in [-0.4, -0.2) is 42.4 Å². The van der Waals surface area contributed by atoms with Crippen molar-refractivity contribution in [3.63, 3.8) is 0 Å². The van der Waals surface area contributed by atoms with Gasteiger partial charge in [0.1, 0.15) is 5.75 Å². The molecule has 0 bridgehead atoms. The van der Waals surface area contributed by atoms with Crippen molar-refractivity contribution < 1.29 is 9.84 Å². The zero-order valence-corrected chi connectivity index (χ0v) is 11.7. The van der Waals surface area contributed by atoms with E-state index in [1.807, 2.05) is 19.1 Å². The second-order valence-corrected chi connectivity index (χ2v) is 5.35. The predicted octanol–water partition coefficient (Wildman–Crippen LogP) is 1.54. The highest BCUT2D eigenvalue weighted by Gasteiger charge is 2.27. The molecule has 1 aliphatic heterocycles. The maximum Gasteiger partial charge on any atom is 0.119 e. The van der Waals surface area contributed by atoms with E-state index in [0.717, 1.165) is 31.7 Å². The minimum Gasteiger partial charge on any atom is -0.497 e. The smallest absolute Gasteiger partial charge is 0.119 e. The summed E-state index contributed by atoms with van der Waals surface area (Å²) in [5.74, 6) is 0.861. The average Bonchev–Trinajstić information content (AvgIpc) is 2.41. The summed E-state index contributed by atoms with van der Waals surface area (Å²) >= 11 is 0. The molecule has 0 aliphatic carbocycles. The Morgan fingerprint density at radius 3 is 2.63 bits per heavy atom. The van der Waals surface area contributed by atoms with E-state index in [-0.39, 0.29) is 18.2 Å². The molecule has 3 N–H and O–H groups in total. The Morgan fingerprint density at radius 1 is 1.37 bits per heavy atom. The number of hydrogen-bond donors (Lipinski definition) is 2. The van der Waals surface area contributed by atoms with Gasteiger partial charge in [0.15, 0.2) is 0 Å². The molecule has 1 saturated heterocycles. The zero-order chi connectivity index (χ0) is 13.8. The summed E-state index contributed by atoms with van der Waals surface area (Å²) in [5, 5.41) is 9.62. The molecule has 1 fully saturated rings.